The lowest BCUT2D eigenvalue weighted by molar-refractivity contribution is -0.115. The first-order valence-electron chi connectivity index (χ1n) is 8.69. The van der Waals surface area contributed by atoms with E-state index in [1.807, 2.05) is 24.3 Å². The van der Waals surface area contributed by atoms with Crippen molar-refractivity contribution in [2.45, 2.75) is 6.42 Å². The van der Waals surface area contributed by atoms with Crippen LogP contribution in [0.2, 0.25) is 0 Å². The summed E-state index contributed by atoms with van der Waals surface area (Å²) < 4.78 is 5.45. The molecule has 1 amide bonds. The number of anilines is 2. The van der Waals surface area contributed by atoms with Crippen LogP contribution in [0.25, 0.3) is 10.8 Å². The van der Waals surface area contributed by atoms with E-state index in [9.17, 15) is 4.79 Å². The fourth-order valence-corrected chi connectivity index (χ4v) is 3.24. The zero-order chi connectivity index (χ0) is 17.8. The van der Waals surface area contributed by atoms with E-state index >= 15 is 0 Å². The lowest BCUT2D eigenvalue weighted by atomic mass is 10.1. The van der Waals surface area contributed by atoms with Crippen LogP contribution in [0.15, 0.2) is 55.1 Å². The minimum absolute atomic E-state index is 0.0551. The number of aromatic nitrogens is 2. The molecule has 1 saturated heterocycles. The van der Waals surface area contributed by atoms with Crippen molar-refractivity contribution < 1.29 is 9.53 Å². The second-order valence-electron chi connectivity index (χ2n) is 6.23. The number of nitrogens with one attached hydrogen (secondary N) is 1. The predicted octanol–water partition coefficient (Wildman–Crippen LogP) is 2.65. The highest BCUT2D eigenvalue weighted by atomic mass is 16.5. The van der Waals surface area contributed by atoms with Gasteiger partial charge in [-0.2, -0.15) is 0 Å². The quantitative estimate of drug-likeness (QED) is 0.785. The summed E-state index contributed by atoms with van der Waals surface area (Å²) in [5.74, 6) is -0.0551. The van der Waals surface area contributed by atoms with Gasteiger partial charge in [-0.25, -0.2) is 0 Å². The SMILES string of the molecule is O=C(Cc1ccncc1)Nc1ccc(N2CCOCC2)c2ccncc12. The maximum absolute atomic E-state index is 12.4. The number of amides is 1. The van der Waals surface area contributed by atoms with Gasteiger partial charge in [0.05, 0.1) is 25.3 Å². The lowest BCUT2D eigenvalue weighted by Gasteiger charge is -2.30. The molecule has 6 nitrogen and oxygen atoms in total. The number of carbonyl (C=O) groups is 1. The Bertz CT molecular complexity index is 908. The standard InChI is InChI=1S/C20H20N4O2/c25-20(13-15-3-6-21-7-4-15)23-18-1-2-19(24-9-11-26-12-10-24)16-5-8-22-14-17(16)18/h1-8,14H,9-13H2,(H,23,25). The molecule has 1 aromatic carbocycles. The zero-order valence-electron chi connectivity index (χ0n) is 14.4. The molecule has 0 saturated carbocycles. The fourth-order valence-electron chi connectivity index (χ4n) is 3.24. The number of rotatable bonds is 4. The second-order valence-corrected chi connectivity index (χ2v) is 6.23. The number of carbonyl (C=O) groups excluding carboxylic acids is 1. The summed E-state index contributed by atoms with van der Waals surface area (Å²) in [4.78, 5) is 23.0. The van der Waals surface area contributed by atoms with E-state index in [-0.39, 0.29) is 5.91 Å². The van der Waals surface area contributed by atoms with Gasteiger partial charge in [0.15, 0.2) is 0 Å². The summed E-state index contributed by atoms with van der Waals surface area (Å²) >= 11 is 0. The summed E-state index contributed by atoms with van der Waals surface area (Å²) in [5, 5.41) is 5.05. The molecule has 6 heteroatoms. The molecule has 2 aromatic heterocycles. The monoisotopic (exact) mass is 348 g/mol. The Morgan fingerprint density at radius 1 is 1.00 bits per heavy atom. The van der Waals surface area contributed by atoms with Crippen molar-refractivity contribution in [3.8, 4) is 0 Å². The third kappa shape index (κ3) is 3.50. The lowest BCUT2D eigenvalue weighted by Crippen LogP contribution is -2.36. The molecule has 0 radical (unpaired) electrons. The van der Waals surface area contributed by atoms with E-state index in [1.54, 1.807) is 24.8 Å². The largest absolute Gasteiger partial charge is 0.378 e. The van der Waals surface area contributed by atoms with E-state index in [2.05, 4.69) is 26.3 Å². The number of fused-ring (bicyclic) bond motifs is 1. The molecule has 0 unspecified atom stereocenters. The first-order valence-corrected chi connectivity index (χ1v) is 8.69. The van der Waals surface area contributed by atoms with E-state index in [4.69, 9.17) is 4.74 Å². The van der Waals surface area contributed by atoms with Crippen LogP contribution in [0.1, 0.15) is 5.56 Å². The van der Waals surface area contributed by atoms with Crippen LogP contribution in [0.5, 0.6) is 0 Å². The summed E-state index contributed by atoms with van der Waals surface area (Å²) in [6.07, 6.45) is 7.30. The van der Waals surface area contributed by atoms with Crippen LogP contribution in [0.4, 0.5) is 11.4 Å². The molecule has 0 bridgehead atoms. The topological polar surface area (TPSA) is 67.4 Å². The van der Waals surface area contributed by atoms with Crippen LogP contribution in [0.3, 0.4) is 0 Å². The van der Waals surface area contributed by atoms with Crippen molar-refractivity contribution in [3.05, 3.63) is 60.7 Å². The molecule has 0 spiro atoms. The van der Waals surface area contributed by atoms with Crippen molar-refractivity contribution in [3.63, 3.8) is 0 Å². The number of pyridine rings is 2. The Labute approximate surface area is 151 Å². The first kappa shape index (κ1) is 16.5. The van der Waals surface area contributed by atoms with Gasteiger partial charge in [-0.1, -0.05) is 0 Å². The van der Waals surface area contributed by atoms with Crippen molar-refractivity contribution in [2.24, 2.45) is 0 Å². The van der Waals surface area contributed by atoms with Gasteiger partial charge in [-0.15, -0.1) is 0 Å². The van der Waals surface area contributed by atoms with Crippen LogP contribution in [0, 0.1) is 0 Å². The third-order valence-electron chi connectivity index (χ3n) is 4.53. The van der Waals surface area contributed by atoms with E-state index in [0.717, 1.165) is 54.0 Å². The Morgan fingerprint density at radius 3 is 2.58 bits per heavy atom. The van der Waals surface area contributed by atoms with Crippen molar-refractivity contribution in [1.29, 1.82) is 0 Å². The molecule has 4 rings (SSSR count). The molecule has 1 aliphatic rings. The van der Waals surface area contributed by atoms with Gasteiger partial charge in [-0.3, -0.25) is 14.8 Å². The fraction of sp³-hybridized carbons (Fsp3) is 0.250. The van der Waals surface area contributed by atoms with Gasteiger partial charge in [-0.05, 0) is 35.9 Å². The first-order chi connectivity index (χ1) is 12.8. The highest BCUT2D eigenvalue weighted by molar-refractivity contribution is 6.06. The minimum atomic E-state index is -0.0551. The van der Waals surface area contributed by atoms with Gasteiger partial charge < -0.3 is 15.0 Å². The van der Waals surface area contributed by atoms with Crippen LogP contribution in [-0.4, -0.2) is 42.2 Å². The number of ether oxygens (including phenoxy) is 1. The smallest absolute Gasteiger partial charge is 0.228 e. The third-order valence-corrected chi connectivity index (χ3v) is 4.53. The highest BCUT2D eigenvalue weighted by Crippen LogP contribution is 2.32. The number of hydrogen-bond donors (Lipinski definition) is 1. The van der Waals surface area contributed by atoms with Gasteiger partial charge in [0.2, 0.25) is 5.91 Å². The second kappa shape index (κ2) is 7.49. The van der Waals surface area contributed by atoms with Crippen molar-refractivity contribution >= 4 is 28.1 Å². The van der Waals surface area contributed by atoms with Crippen LogP contribution in [-0.2, 0) is 16.0 Å². The Morgan fingerprint density at radius 2 is 1.77 bits per heavy atom. The summed E-state index contributed by atoms with van der Waals surface area (Å²) in [6.45, 7) is 3.20. The average molecular weight is 348 g/mol. The zero-order valence-corrected chi connectivity index (χ0v) is 14.4. The Balaban J connectivity index is 1.61. The normalized spacial score (nSPS) is 14.4. The summed E-state index contributed by atoms with van der Waals surface area (Å²) in [7, 11) is 0. The average Bonchev–Trinajstić information content (AvgIpc) is 2.70. The van der Waals surface area contributed by atoms with Gasteiger partial charge in [0.1, 0.15) is 0 Å². The number of nitrogens with zero attached hydrogens (tertiary/aromatic N) is 3. The van der Waals surface area contributed by atoms with E-state index in [0.29, 0.717) is 6.42 Å². The Hall–Kier alpha value is -2.99. The van der Waals surface area contributed by atoms with E-state index < -0.39 is 0 Å². The predicted molar refractivity (Wildman–Crippen MR) is 101 cm³/mol. The molecule has 3 heterocycles. The van der Waals surface area contributed by atoms with Gasteiger partial charge in [0.25, 0.3) is 0 Å². The van der Waals surface area contributed by atoms with Crippen molar-refractivity contribution in [1.82, 2.24) is 9.97 Å². The molecule has 0 aliphatic carbocycles. The Kier molecular flexibility index (Phi) is 4.75. The van der Waals surface area contributed by atoms with E-state index in [1.165, 1.54) is 0 Å². The van der Waals surface area contributed by atoms with Crippen LogP contribution >= 0.6 is 0 Å². The maximum Gasteiger partial charge on any atom is 0.228 e. The molecular formula is C20H20N4O2. The molecule has 1 N–H and O–H groups in total. The number of morpholine rings is 1. The molecule has 0 atom stereocenters. The van der Waals surface area contributed by atoms with Gasteiger partial charge in [0, 0.05) is 54.3 Å². The summed E-state index contributed by atoms with van der Waals surface area (Å²) in [5.41, 5.74) is 2.87. The minimum Gasteiger partial charge on any atom is -0.378 e. The summed E-state index contributed by atoms with van der Waals surface area (Å²) in [6, 6.07) is 9.72. The number of hydrogen-bond acceptors (Lipinski definition) is 5. The van der Waals surface area contributed by atoms with Crippen LogP contribution < -0.4 is 10.2 Å². The van der Waals surface area contributed by atoms with Gasteiger partial charge >= 0.3 is 0 Å². The molecule has 26 heavy (non-hydrogen) atoms. The molecule has 1 fully saturated rings. The molecule has 132 valence electrons. The molecular weight excluding hydrogens is 328 g/mol. The number of benzene rings is 1. The molecule has 3 aromatic rings. The molecule has 1 aliphatic heterocycles. The maximum atomic E-state index is 12.4. The highest BCUT2D eigenvalue weighted by Gasteiger charge is 2.16. The van der Waals surface area contributed by atoms with Crippen molar-refractivity contribution in [2.75, 3.05) is 36.5 Å².